The molecule has 1 aromatic carbocycles. The molecule has 1 aromatic rings. The van der Waals surface area contributed by atoms with Crippen molar-refractivity contribution in [3.05, 3.63) is 36.2 Å². The summed E-state index contributed by atoms with van der Waals surface area (Å²) in [5.41, 5.74) is 5.73. The summed E-state index contributed by atoms with van der Waals surface area (Å²) in [5, 5.41) is 0. The van der Waals surface area contributed by atoms with Crippen molar-refractivity contribution in [3.8, 4) is 11.5 Å². The molecule has 0 aliphatic heterocycles. The second-order valence-electron chi connectivity index (χ2n) is 3.16. The molecule has 0 saturated heterocycles. The summed E-state index contributed by atoms with van der Waals surface area (Å²) >= 11 is 0. The molecule has 0 atom stereocenters. The molecule has 0 fully saturated rings. The Hall–Kier alpha value is -1.55. The Bertz CT molecular complexity index is 335. The Morgan fingerprint density at radius 2 is 1.81 bits per heavy atom. The standard InChI is InChI=1S/C12H16FNO2/c1-2-15-11-3-5-12(6-4-11)16-9-10(7-13)8-14/h3-7H,2,8-9,14H2,1H3. The van der Waals surface area contributed by atoms with Gasteiger partial charge in [0.15, 0.2) is 0 Å². The van der Waals surface area contributed by atoms with Crippen LogP contribution in [-0.4, -0.2) is 19.8 Å². The monoisotopic (exact) mass is 225 g/mol. The third kappa shape index (κ3) is 3.90. The van der Waals surface area contributed by atoms with Crippen LogP contribution in [0.4, 0.5) is 4.39 Å². The average Bonchev–Trinajstić information content (AvgIpc) is 2.33. The number of halogens is 1. The van der Waals surface area contributed by atoms with E-state index in [-0.39, 0.29) is 13.2 Å². The summed E-state index contributed by atoms with van der Waals surface area (Å²) in [4.78, 5) is 0. The van der Waals surface area contributed by atoms with Crippen LogP contribution >= 0.6 is 0 Å². The van der Waals surface area contributed by atoms with Crippen molar-refractivity contribution in [2.75, 3.05) is 19.8 Å². The van der Waals surface area contributed by atoms with Gasteiger partial charge in [-0.15, -0.1) is 0 Å². The lowest BCUT2D eigenvalue weighted by Crippen LogP contribution is -2.10. The molecular formula is C12H16FNO2. The van der Waals surface area contributed by atoms with E-state index >= 15 is 0 Å². The van der Waals surface area contributed by atoms with Crippen molar-refractivity contribution in [2.45, 2.75) is 6.92 Å². The van der Waals surface area contributed by atoms with E-state index in [1.807, 2.05) is 6.92 Å². The highest BCUT2D eigenvalue weighted by atomic mass is 19.1. The van der Waals surface area contributed by atoms with Gasteiger partial charge in [-0.25, -0.2) is 4.39 Å². The summed E-state index contributed by atoms with van der Waals surface area (Å²) in [5.74, 6) is 1.45. The van der Waals surface area contributed by atoms with Gasteiger partial charge in [-0.3, -0.25) is 0 Å². The number of hydrogen-bond acceptors (Lipinski definition) is 3. The molecule has 0 aromatic heterocycles. The van der Waals surface area contributed by atoms with Crippen LogP contribution in [0.1, 0.15) is 6.92 Å². The molecule has 4 heteroatoms. The van der Waals surface area contributed by atoms with Crippen LogP contribution < -0.4 is 15.2 Å². The zero-order chi connectivity index (χ0) is 11.8. The lowest BCUT2D eigenvalue weighted by Gasteiger charge is -2.08. The fraction of sp³-hybridized carbons (Fsp3) is 0.333. The van der Waals surface area contributed by atoms with Gasteiger partial charge in [0.1, 0.15) is 18.1 Å². The van der Waals surface area contributed by atoms with Crippen LogP contribution in [-0.2, 0) is 0 Å². The van der Waals surface area contributed by atoms with E-state index < -0.39 is 0 Å². The molecule has 3 nitrogen and oxygen atoms in total. The van der Waals surface area contributed by atoms with Crippen LogP contribution in [0.5, 0.6) is 11.5 Å². The third-order valence-corrected chi connectivity index (χ3v) is 1.98. The molecule has 0 saturated carbocycles. The van der Waals surface area contributed by atoms with Crippen LogP contribution in [0, 0.1) is 0 Å². The minimum atomic E-state index is 0.160. The highest BCUT2D eigenvalue weighted by Crippen LogP contribution is 2.17. The number of hydrogen-bond donors (Lipinski definition) is 1. The maximum atomic E-state index is 12.2. The summed E-state index contributed by atoms with van der Waals surface area (Å²) in [7, 11) is 0. The van der Waals surface area contributed by atoms with Gasteiger partial charge in [-0.05, 0) is 31.2 Å². The Morgan fingerprint density at radius 3 is 2.25 bits per heavy atom. The van der Waals surface area contributed by atoms with Gasteiger partial charge in [0.2, 0.25) is 0 Å². The Balaban J connectivity index is 2.49. The molecule has 0 bridgehead atoms. The van der Waals surface area contributed by atoms with E-state index in [1.165, 1.54) is 0 Å². The van der Waals surface area contributed by atoms with Gasteiger partial charge < -0.3 is 15.2 Å². The summed E-state index contributed by atoms with van der Waals surface area (Å²) < 4.78 is 22.8. The number of nitrogens with two attached hydrogens (primary N) is 1. The van der Waals surface area contributed by atoms with Gasteiger partial charge >= 0.3 is 0 Å². The first-order chi connectivity index (χ1) is 7.80. The van der Waals surface area contributed by atoms with E-state index in [0.717, 1.165) is 5.75 Å². The van der Waals surface area contributed by atoms with Crippen molar-refractivity contribution in [1.82, 2.24) is 0 Å². The predicted molar refractivity (Wildman–Crippen MR) is 61.4 cm³/mol. The first-order valence-corrected chi connectivity index (χ1v) is 5.14. The Kier molecular flexibility index (Phi) is 5.36. The van der Waals surface area contributed by atoms with Crippen LogP contribution in [0.15, 0.2) is 36.2 Å². The predicted octanol–water partition coefficient (Wildman–Crippen LogP) is 2.28. The van der Waals surface area contributed by atoms with Gasteiger partial charge in [-0.2, -0.15) is 0 Å². The summed E-state index contributed by atoms with van der Waals surface area (Å²) in [6, 6.07) is 7.16. The highest BCUT2D eigenvalue weighted by Gasteiger charge is 1.98. The minimum absolute atomic E-state index is 0.160. The van der Waals surface area contributed by atoms with Gasteiger partial charge in [-0.1, -0.05) is 0 Å². The topological polar surface area (TPSA) is 44.5 Å². The second kappa shape index (κ2) is 6.85. The number of rotatable bonds is 6. The molecule has 0 amide bonds. The molecule has 0 radical (unpaired) electrons. The van der Waals surface area contributed by atoms with Crippen LogP contribution in [0.3, 0.4) is 0 Å². The van der Waals surface area contributed by atoms with E-state index in [1.54, 1.807) is 24.3 Å². The molecule has 0 heterocycles. The molecule has 0 spiro atoms. The summed E-state index contributed by atoms with van der Waals surface area (Å²) in [6.07, 6.45) is 0.481. The van der Waals surface area contributed by atoms with E-state index in [0.29, 0.717) is 24.3 Å². The lowest BCUT2D eigenvalue weighted by molar-refractivity contribution is 0.333. The maximum absolute atomic E-state index is 12.2. The largest absolute Gasteiger partial charge is 0.494 e. The molecular weight excluding hydrogens is 209 g/mol. The van der Waals surface area contributed by atoms with Crippen molar-refractivity contribution < 1.29 is 13.9 Å². The van der Waals surface area contributed by atoms with Crippen molar-refractivity contribution in [2.24, 2.45) is 5.73 Å². The fourth-order valence-corrected chi connectivity index (χ4v) is 1.11. The maximum Gasteiger partial charge on any atom is 0.120 e. The van der Waals surface area contributed by atoms with Crippen molar-refractivity contribution >= 4 is 0 Å². The zero-order valence-electron chi connectivity index (χ0n) is 9.28. The fourth-order valence-electron chi connectivity index (χ4n) is 1.11. The lowest BCUT2D eigenvalue weighted by atomic mass is 10.3. The molecule has 16 heavy (non-hydrogen) atoms. The van der Waals surface area contributed by atoms with Crippen molar-refractivity contribution in [3.63, 3.8) is 0 Å². The normalized spacial score (nSPS) is 11.3. The quantitative estimate of drug-likeness (QED) is 0.807. The third-order valence-electron chi connectivity index (χ3n) is 1.98. The first kappa shape index (κ1) is 12.5. The SMILES string of the molecule is CCOc1ccc(OCC(=CF)CN)cc1. The smallest absolute Gasteiger partial charge is 0.120 e. The Morgan fingerprint density at radius 1 is 1.25 bits per heavy atom. The van der Waals surface area contributed by atoms with Crippen molar-refractivity contribution in [1.29, 1.82) is 0 Å². The number of benzene rings is 1. The van der Waals surface area contributed by atoms with Gasteiger partial charge in [0.05, 0.1) is 12.9 Å². The molecule has 1 rings (SSSR count). The molecule has 0 aliphatic carbocycles. The van der Waals surface area contributed by atoms with Gasteiger partial charge in [0, 0.05) is 12.1 Å². The Labute approximate surface area is 94.7 Å². The molecule has 88 valence electrons. The van der Waals surface area contributed by atoms with E-state index in [4.69, 9.17) is 15.2 Å². The molecule has 0 unspecified atom stereocenters. The molecule has 2 N–H and O–H groups in total. The van der Waals surface area contributed by atoms with Crippen LogP contribution in [0.25, 0.3) is 0 Å². The highest BCUT2D eigenvalue weighted by molar-refractivity contribution is 5.31. The first-order valence-electron chi connectivity index (χ1n) is 5.14. The summed E-state index contributed by atoms with van der Waals surface area (Å²) in [6.45, 7) is 2.88. The number of ether oxygens (including phenoxy) is 2. The molecule has 0 aliphatic rings. The zero-order valence-corrected chi connectivity index (χ0v) is 9.28. The van der Waals surface area contributed by atoms with Gasteiger partial charge in [0.25, 0.3) is 0 Å². The second-order valence-corrected chi connectivity index (χ2v) is 3.16. The van der Waals surface area contributed by atoms with E-state index in [9.17, 15) is 4.39 Å². The van der Waals surface area contributed by atoms with Crippen LogP contribution in [0.2, 0.25) is 0 Å². The van der Waals surface area contributed by atoms with E-state index in [2.05, 4.69) is 0 Å². The minimum Gasteiger partial charge on any atom is -0.494 e. The average molecular weight is 225 g/mol.